The molecule has 102 valence electrons. The predicted molar refractivity (Wildman–Crippen MR) is 78.6 cm³/mol. The standard InChI is InChI=1S/C14H14BrF2NS/c1-18-10(8-11-5-6-13(15)19-11)7-9-3-2-4-12(16)14(9)17/h2-6,10,18H,7-8H2,1H3. The van der Waals surface area contributed by atoms with Crippen LogP contribution in [0.5, 0.6) is 0 Å². The van der Waals surface area contributed by atoms with E-state index in [0.29, 0.717) is 12.0 Å². The Labute approximate surface area is 123 Å². The second-order valence-corrected chi connectivity index (χ2v) is 6.86. The summed E-state index contributed by atoms with van der Waals surface area (Å²) in [6.07, 6.45) is 1.26. The molecule has 2 rings (SSSR count). The Bertz CT molecular complexity index is 556. The minimum Gasteiger partial charge on any atom is -0.316 e. The van der Waals surface area contributed by atoms with Crippen molar-refractivity contribution in [2.75, 3.05) is 7.05 Å². The van der Waals surface area contributed by atoms with Crippen LogP contribution in [0.1, 0.15) is 10.4 Å². The fourth-order valence-electron chi connectivity index (χ4n) is 1.95. The summed E-state index contributed by atoms with van der Waals surface area (Å²) in [7, 11) is 1.84. The highest BCUT2D eigenvalue weighted by Gasteiger charge is 2.14. The number of likely N-dealkylation sites (N-methyl/N-ethyl adjacent to an activating group) is 1. The number of hydrogen-bond acceptors (Lipinski definition) is 2. The van der Waals surface area contributed by atoms with E-state index in [1.807, 2.05) is 19.2 Å². The molecule has 1 heterocycles. The van der Waals surface area contributed by atoms with E-state index in [2.05, 4.69) is 21.2 Å². The fourth-order valence-corrected chi connectivity index (χ4v) is 3.52. The van der Waals surface area contributed by atoms with E-state index in [9.17, 15) is 8.78 Å². The predicted octanol–water partition coefficient (Wildman–Crippen LogP) is 4.16. The van der Waals surface area contributed by atoms with Crippen molar-refractivity contribution in [3.8, 4) is 0 Å². The molecule has 0 aliphatic carbocycles. The number of benzene rings is 1. The third kappa shape index (κ3) is 3.84. The van der Waals surface area contributed by atoms with Gasteiger partial charge in [0, 0.05) is 10.9 Å². The molecule has 0 aliphatic rings. The molecule has 1 aromatic heterocycles. The molecule has 1 N–H and O–H groups in total. The number of hydrogen-bond donors (Lipinski definition) is 1. The fraction of sp³-hybridized carbons (Fsp3) is 0.286. The zero-order valence-corrected chi connectivity index (χ0v) is 12.8. The van der Waals surface area contributed by atoms with Gasteiger partial charge in [-0.1, -0.05) is 12.1 Å². The molecule has 2 aromatic rings. The zero-order chi connectivity index (χ0) is 13.8. The van der Waals surface area contributed by atoms with Gasteiger partial charge in [-0.05, 0) is 59.6 Å². The second-order valence-electron chi connectivity index (χ2n) is 4.31. The first-order valence-electron chi connectivity index (χ1n) is 5.94. The molecule has 0 saturated carbocycles. The maximum Gasteiger partial charge on any atom is 0.162 e. The minimum atomic E-state index is -0.786. The quantitative estimate of drug-likeness (QED) is 0.857. The Morgan fingerprint density at radius 1 is 1.21 bits per heavy atom. The van der Waals surface area contributed by atoms with Gasteiger partial charge in [-0.15, -0.1) is 11.3 Å². The largest absolute Gasteiger partial charge is 0.316 e. The van der Waals surface area contributed by atoms with Crippen molar-refractivity contribution in [2.24, 2.45) is 0 Å². The van der Waals surface area contributed by atoms with Gasteiger partial charge >= 0.3 is 0 Å². The van der Waals surface area contributed by atoms with Crippen LogP contribution in [0.2, 0.25) is 0 Å². The Kier molecular flexibility index (Phi) is 5.07. The highest BCUT2D eigenvalue weighted by atomic mass is 79.9. The SMILES string of the molecule is CNC(Cc1ccc(Br)s1)Cc1cccc(F)c1F. The molecule has 1 nitrogen and oxygen atoms in total. The lowest BCUT2D eigenvalue weighted by Gasteiger charge is -2.16. The summed E-state index contributed by atoms with van der Waals surface area (Å²) >= 11 is 5.08. The maximum atomic E-state index is 13.6. The van der Waals surface area contributed by atoms with Gasteiger partial charge in [0.25, 0.3) is 0 Å². The molecule has 1 atom stereocenters. The van der Waals surface area contributed by atoms with E-state index in [-0.39, 0.29) is 6.04 Å². The third-order valence-corrected chi connectivity index (χ3v) is 4.63. The number of thiophene rings is 1. The number of nitrogens with one attached hydrogen (secondary N) is 1. The molecule has 0 amide bonds. The lowest BCUT2D eigenvalue weighted by molar-refractivity contribution is 0.483. The van der Waals surface area contributed by atoms with Crippen molar-refractivity contribution in [1.82, 2.24) is 5.32 Å². The van der Waals surface area contributed by atoms with E-state index in [1.54, 1.807) is 23.5 Å². The lowest BCUT2D eigenvalue weighted by Crippen LogP contribution is -2.30. The average molecular weight is 346 g/mol. The summed E-state index contributed by atoms with van der Waals surface area (Å²) in [5.41, 5.74) is 0.412. The Hall–Kier alpha value is -0.780. The van der Waals surface area contributed by atoms with Gasteiger partial charge in [-0.3, -0.25) is 0 Å². The second kappa shape index (κ2) is 6.59. The molecule has 0 radical (unpaired) electrons. The Balaban J connectivity index is 2.08. The highest BCUT2D eigenvalue weighted by Crippen LogP contribution is 2.24. The van der Waals surface area contributed by atoms with Crippen molar-refractivity contribution in [1.29, 1.82) is 0 Å². The van der Waals surface area contributed by atoms with Crippen LogP contribution in [0.15, 0.2) is 34.1 Å². The van der Waals surface area contributed by atoms with Crippen LogP contribution >= 0.6 is 27.3 Å². The highest BCUT2D eigenvalue weighted by molar-refractivity contribution is 9.11. The monoisotopic (exact) mass is 345 g/mol. The molecule has 1 aromatic carbocycles. The van der Waals surface area contributed by atoms with Gasteiger partial charge < -0.3 is 5.32 Å². The van der Waals surface area contributed by atoms with Crippen molar-refractivity contribution < 1.29 is 8.78 Å². The van der Waals surface area contributed by atoms with Crippen LogP contribution < -0.4 is 5.32 Å². The van der Waals surface area contributed by atoms with Crippen molar-refractivity contribution in [3.05, 3.63) is 56.2 Å². The van der Waals surface area contributed by atoms with Crippen molar-refractivity contribution in [3.63, 3.8) is 0 Å². The van der Waals surface area contributed by atoms with Gasteiger partial charge in [-0.2, -0.15) is 0 Å². The zero-order valence-electron chi connectivity index (χ0n) is 10.4. The number of rotatable bonds is 5. The molecule has 0 fully saturated rings. The molecule has 0 bridgehead atoms. The average Bonchev–Trinajstić information content (AvgIpc) is 2.79. The molecular formula is C14H14BrF2NS. The normalized spacial score (nSPS) is 12.6. The smallest absolute Gasteiger partial charge is 0.162 e. The van der Waals surface area contributed by atoms with Crippen LogP contribution in [0.25, 0.3) is 0 Å². The topological polar surface area (TPSA) is 12.0 Å². The van der Waals surface area contributed by atoms with Crippen LogP contribution in [-0.2, 0) is 12.8 Å². The summed E-state index contributed by atoms with van der Waals surface area (Å²) in [5, 5.41) is 3.16. The van der Waals surface area contributed by atoms with E-state index in [0.717, 1.165) is 16.3 Å². The summed E-state index contributed by atoms with van der Waals surface area (Å²) in [5.74, 6) is -1.53. The van der Waals surface area contributed by atoms with Crippen LogP contribution in [0.4, 0.5) is 8.78 Å². The minimum absolute atomic E-state index is 0.0850. The summed E-state index contributed by atoms with van der Waals surface area (Å²) in [6.45, 7) is 0. The summed E-state index contributed by atoms with van der Waals surface area (Å²) in [6, 6.07) is 8.44. The van der Waals surface area contributed by atoms with Crippen LogP contribution in [0, 0.1) is 11.6 Å². The lowest BCUT2D eigenvalue weighted by atomic mass is 10.0. The van der Waals surface area contributed by atoms with Crippen LogP contribution in [-0.4, -0.2) is 13.1 Å². The van der Waals surface area contributed by atoms with Gasteiger partial charge in [0.05, 0.1) is 3.79 Å². The maximum absolute atomic E-state index is 13.6. The first-order chi connectivity index (χ1) is 9.10. The molecular weight excluding hydrogens is 332 g/mol. The summed E-state index contributed by atoms with van der Waals surface area (Å²) in [4.78, 5) is 1.21. The van der Waals surface area contributed by atoms with Gasteiger partial charge in [-0.25, -0.2) is 8.78 Å². The van der Waals surface area contributed by atoms with E-state index < -0.39 is 11.6 Å². The van der Waals surface area contributed by atoms with Gasteiger partial charge in [0.1, 0.15) is 0 Å². The van der Waals surface area contributed by atoms with Gasteiger partial charge in [0.15, 0.2) is 11.6 Å². The van der Waals surface area contributed by atoms with Crippen molar-refractivity contribution >= 4 is 27.3 Å². The first kappa shape index (κ1) is 14.6. The molecule has 1 unspecified atom stereocenters. The Morgan fingerprint density at radius 2 is 2.00 bits per heavy atom. The molecule has 0 aliphatic heterocycles. The molecule has 0 saturated heterocycles. The van der Waals surface area contributed by atoms with Crippen LogP contribution in [0.3, 0.4) is 0 Å². The third-order valence-electron chi connectivity index (χ3n) is 2.98. The van der Waals surface area contributed by atoms with Gasteiger partial charge in [0.2, 0.25) is 0 Å². The molecule has 0 spiro atoms. The van der Waals surface area contributed by atoms with E-state index in [1.165, 1.54) is 4.88 Å². The molecule has 5 heteroatoms. The summed E-state index contributed by atoms with van der Waals surface area (Å²) < 4.78 is 27.9. The number of halogens is 3. The van der Waals surface area contributed by atoms with E-state index >= 15 is 0 Å². The first-order valence-corrected chi connectivity index (χ1v) is 7.55. The van der Waals surface area contributed by atoms with E-state index in [4.69, 9.17) is 0 Å². The van der Waals surface area contributed by atoms with Crippen molar-refractivity contribution in [2.45, 2.75) is 18.9 Å². The molecule has 19 heavy (non-hydrogen) atoms. The Morgan fingerprint density at radius 3 is 2.63 bits per heavy atom.